The van der Waals surface area contributed by atoms with Crippen molar-refractivity contribution in [1.82, 2.24) is 39.0 Å². The summed E-state index contributed by atoms with van der Waals surface area (Å²) in [7, 11) is 1.68. The summed E-state index contributed by atoms with van der Waals surface area (Å²) < 4.78 is 44.7. The van der Waals surface area contributed by atoms with Crippen LogP contribution in [0.25, 0.3) is 21.9 Å². The number of piperazine rings is 1. The second-order valence-electron chi connectivity index (χ2n) is 16.9. The van der Waals surface area contributed by atoms with Crippen LogP contribution < -0.4 is 16.3 Å². The van der Waals surface area contributed by atoms with Crippen LogP contribution in [0, 0.1) is 17.8 Å². The number of halogens is 3. The number of fused-ring (bicyclic) bond motifs is 2. The van der Waals surface area contributed by atoms with Crippen LogP contribution in [0.3, 0.4) is 0 Å². The van der Waals surface area contributed by atoms with E-state index in [1.165, 1.54) is 15.2 Å². The molecule has 3 aromatic heterocycles. The van der Waals surface area contributed by atoms with Gasteiger partial charge >= 0.3 is 11.9 Å². The van der Waals surface area contributed by atoms with Crippen molar-refractivity contribution in [1.29, 1.82) is 0 Å². The Hall–Kier alpha value is -5.83. The van der Waals surface area contributed by atoms with Crippen LogP contribution in [0.5, 0.6) is 0 Å². The van der Waals surface area contributed by atoms with Gasteiger partial charge in [-0.1, -0.05) is 24.0 Å². The molecule has 3 fully saturated rings. The van der Waals surface area contributed by atoms with Gasteiger partial charge in [-0.3, -0.25) is 38.4 Å². The summed E-state index contributed by atoms with van der Waals surface area (Å²) in [4.78, 5) is 59.0. The van der Waals surface area contributed by atoms with E-state index in [4.69, 9.17) is 5.10 Å². The van der Waals surface area contributed by atoms with Gasteiger partial charge in [-0.25, -0.2) is 9.78 Å². The van der Waals surface area contributed by atoms with Crippen molar-refractivity contribution < 1.29 is 32.7 Å². The maximum atomic E-state index is 13.3. The molecule has 2 saturated heterocycles. The predicted octanol–water partition coefficient (Wildman–Crippen LogP) is 4.96. The van der Waals surface area contributed by atoms with Gasteiger partial charge in [-0.2, -0.15) is 18.3 Å². The van der Waals surface area contributed by atoms with Gasteiger partial charge in [0.25, 0.3) is 5.91 Å². The first kappa shape index (κ1) is 41.9. The smallest absolute Gasteiger partial charge is 0.386 e. The number of carbonyl (C=O) groups is 3. The maximum absolute atomic E-state index is 13.3. The topological polar surface area (TPSA) is 160 Å². The van der Waals surface area contributed by atoms with Crippen molar-refractivity contribution >= 4 is 45.3 Å². The quantitative estimate of drug-likeness (QED) is 0.145. The van der Waals surface area contributed by atoms with Crippen molar-refractivity contribution in [3.63, 3.8) is 0 Å². The molecule has 8 rings (SSSR count). The third-order valence-corrected chi connectivity index (χ3v) is 12.2. The average Bonchev–Trinajstić information content (AvgIpc) is 3.75. The lowest BCUT2D eigenvalue weighted by Gasteiger charge is -2.37. The van der Waals surface area contributed by atoms with E-state index in [0.717, 1.165) is 75.9 Å². The van der Waals surface area contributed by atoms with E-state index >= 15 is 0 Å². The predicted molar refractivity (Wildman–Crippen MR) is 222 cm³/mol. The average molecular weight is 840 g/mol. The number of pyridine rings is 1. The highest BCUT2D eigenvalue weighted by atomic mass is 19.4. The Labute approximate surface area is 349 Å². The summed E-state index contributed by atoms with van der Waals surface area (Å²) >= 11 is 0. The number of aromatic nitrogens is 5. The molecule has 1 atom stereocenters. The molecular weight excluding hydrogens is 792 g/mol. The molecule has 1 aliphatic carbocycles. The number of aliphatic hydroxyl groups is 1. The monoisotopic (exact) mass is 839 g/mol. The standard InChI is InChI=1S/C44H48F3N9O5/c1-43(2,61)31-24-33-29(23-34(31)49-40(58)32-9-5-11-37(48-32)44(45,46)47)26-55(51-33)30-14-12-27(13-15-30)25-54-21-19-53(20-22-54)18-6-8-28-7-4-10-35-39(28)52(3)42(60)56(35)36-16-17-38(57)50-41(36)59/h4-5,7,9-11,23-24,26-27,30,36,61H,12-22,25H2,1-3H3,(H,49,58)(H,50,57,59). The van der Waals surface area contributed by atoms with Gasteiger partial charge in [0.05, 0.1) is 40.3 Å². The molecule has 5 aromatic rings. The van der Waals surface area contributed by atoms with E-state index in [-0.39, 0.29) is 41.9 Å². The Morgan fingerprint density at radius 2 is 1.69 bits per heavy atom. The minimum Gasteiger partial charge on any atom is -0.386 e. The number of alkyl halides is 3. The van der Waals surface area contributed by atoms with E-state index in [1.54, 1.807) is 33.0 Å². The molecular formula is C44H48F3N9O5. The Kier molecular flexibility index (Phi) is 11.4. The highest BCUT2D eigenvalue weighted by Crippen LogP contribution is 2.36. The van der Waals surface area contributed by atoms with E-state index in [1.807, 2.05) is 29.1 Å². The second-order valence-corrected chi connectivity index (χ2v) is 16.9. The number of carbonyl (C=O) groups excluding carboxylic acids is 3. The van der Waals surface area contributed by atoms with Gasteiger partial charge in [0.1, 0.15) is 17.4 Å². The number of imide groups is 1. The van der Waals surface area contributed by atoms with E-state index in [0.29, 0.717) is 40.1 Å². The molecule has 17 heteroatoms. The van der Waals surface area contributed by atoms with Gasteiger partial charge in [0.15, 0.2) is 0 Å². The molecule has 14 nitrogen and oxygen atoms in total. The van der Waals surface area contributed by atoms with Crippen LogP contribution >= 0.6 is 0 Å². The normalized spacial score (nSPS) is 20.7. The third-order valence-electron chi connectivity index (χ3n) is 12.2. The Morgan fingerprint density at radius 3 is 2.39 bits per heavy atom. The highest BCUT2D eigenvalue weighted by molar-refractivity contribution is 6.04. The number of amides is 3. The van der Waals surface area contributed by atoms with Gasteiger partial charge in [-0.05, 0) is 88.3 Å². The van der Waals surface area contributed by atoms with Crippen molar-refractivity contribution in [2.75, 3.05) is 44.6 Å². The van der Waals surface area contributed by atoms with E-state index in [2.05, 4.69) is 37.3 Å². The summed E-state index contributed by atoms with van der Waals surface area (Å²) in [6, 6.07) is 11.5. The number of hydrogen-bond donors (Lipinski definition) is 3. The largest absolute Gasteiger partial charge is 0.433 e. The number of hydrogen-bond acceptors (Lipinski definition) is 9. The molecule has 3 amide bonds. The first-order chi connectivity index (χ1) is 29.0. The van der Waals surface area contributed by atoms with Crippen LogP contribution in [0.4, 0.5) is 18.9 Å². The summed E-state index contributed by atoms with van der Waals surface area (Å²) in [5.74, 6) is 5.51. The first-order valence-corrected chi connectivity index (χ1v) is 20.6. The van der Waals surface area contributed by atoms with Crippen LogP contribution in [0.15, 0.2) is 59.5 Å². The number of imidazole rings is 1. The van der Waals surface area contributed by atoms with Gasteiger partial charge in [0.2, 0.25) is 11.8 Å². The molecule has 1 saturated carbocycles. The molecule has 2 aromatic carbocycles. The molecule has 320 valence electrons. The van der Waals surface area contributed by atoms with Crippen molar-refractivity contribution in [3.8, 4) is 11.8 Å². The van der Waals surface area contributed by atoms with E-state index in [9.17, 15) is 37.5 Å². The molecule has 5 heterocycles. The van der Waals surface area contributed by atoms with Crippen LogP contribution in [-0.4, -0.2) is 95.8 Å². The van der Waals surface area contributed by atoms with Crippen LogP contribution in [0.2, 0.25) is 0 Å². The number of aryl methyl sites for hydroxylation is 1. The van der Waals surface area contributed by atoms with Crippen molar-refractivity contribution in [3.05, 3.63) is 87.7 Å². The second kappa shape index (κ2) is 16.6. The zero-order valence-corrected chi connectivity index (χ0v) is 34.3. The minimum atomic E-state index is -4.70. The van der Waals surface area contributed by atoms with Crippen LogP contribution in [0.1, 0.15) is 91.8 Å². The van der Waals surface area contributed by atoms with Gasteiger partial charge < -0.3 is 15.3 Å². The fraction of sp³-hybridized carbons (Fsp3) is 0.455. The van der Waals surface area contributed by atoms with Crippen molar-refractivity contribution in [2.45, 2.75) is 76.2 Å². The van der Waals surface area contributed by atoms with Gasteiger partial charge in [-0.15, -0.1) is 0 Å². The number of benzene rings is 2. The number of para-hydroxylation sites is 1. The first-order valence-electron chi connectivity index (χ1n) is 20.6. The molecule has 2 aliphatic heterocycles. The SMILES string of the molecule is Cn1c(=O)n(C2CCC(=O)NC2=O)c2cccc(C#CCN3CCN(CC4CCC(n5cc6cc(NC(=O)c7cccc(C(F)(F)F)n7)c(C(C)(C)O)cc6n5)CC4)CC3)c21. The summed E-state index contributed by atoms with van der Waals surface area (Å²) in [5.41, 5.74) is 0.0260. The Balaban J connectivity index is 0.848. The molecule has 0 radical (unpaired) electrons. The Morgan fingerprint density at radius 1 is 0.967 bits per heavy atom. The molecule has 0 spiro atoms. The molecule has 3 N–H and O–H groups in total. The number of rotatable bonds is 8. The van der Waals surface area contributed by atoms with Crippen molar-refractivity contribution in [2.24, 2.45) is 13.0 Å². The fourth-order valence-corrected chi connectivity index (χ4v) is 8.90. The molecule has 0 bridgehead atoms. The number of anilines is 1. The summed E-state index contributed by atoms with van der Waals surface area (Å²) in [5, 5.41) is 21.6. The number of nitrogens with zero attached hydrogens (tertiary/aromatic N) is 7. The van der Waals surface area contributed by atoms with Crippen LogP contribution in [-0.2, 0) is 28.4 Å². The third kappa shape index (κ3) is 8.84. The lowest BCUT2D eigenvalue weighted by Crippen LogP contribution is -2.48. The highest BCUT2D eigenvalue weighted by Gasteiger charge is 2.34. The maximum Gasteiger partial charge on any atom is 0.433 e. The molecule has 61 heavy (non-hydrogen) atoms. The fourth-order valence-electron chi connectivity index (χ4n) is 8.90. The lowest BCUT2D eigenvalue weighted by molar-refractivity contribution is -0.141. The lowest BCUT2D eigenvalue weighted by atomic mass is 9.85. The van der Waals surface area contributed by atoms with Gasteiger partial charge in [0, 0.05) is 69.0 Å². The van der Waals surface area contributed by atoms with E-state index < -0.39 is 35.3 Å². The number of nitrogens with one attached hydrogen (secondary N) is 2. The Bertz CT molecular complexity index is 2630. The zero-order valence-electron chi connectivity index (χ0n) is 34.3. The molecule has 3 aliphatic rings. The zero-order chi connectivity index (χ0) is 43.2. The summed E-state index contributed by atoms with van der Waals surface area (Å²) in [6.07, 6.45) is 1.68. The minimum absolute atomic E-state index is 0.179. The number of piperidine rings is 1. The molecule has 1 unspecified atom stereocenters. The summed E-state index contributed by atoms with van der Waals surface area (Å²) in [6.45, 7) is 8.42.